The Bertz CT molecular complexity index is 339. The van der Waals surface area contributed by atoms with Crippen molar-refractivity contribution in [3.05, 3.63) is 29.6 Å². The van der Waals surface area contributed by atoms with Crippen molar-refractivity contribution in [3.63, 3.8) is 0 Å². The fourth-order valence-electron chi connectivity index (χ4n) is 1.30. The maximum atomic E-state index is 10.4. The number of aryl methyl sites for hydroxylation is 1. The van der Waals surface area contributed by atoms with E-state index in [-0.39, 0.29) is 12.5 Å². The summed E-state index contributed by atoms with van der Waals surface area (Å²) in [7, 11) is 0. The molecule has 1 aromatic rings. The molecule has 15 heavy (non-hydrogen) atoms. The zero-order valence-electron chi connectivity index (χ0n) is 9.03. The van der Waals surface area contributed by atoms with Crippen molar-refractivity contribution in [2.45, 2.75) is 32.9 Å². The third kappa shape index (κ3) is 4.08. The van der Waals surface area contributed by atoms with Gasteiger partial charge in [0.25, 0.3) is 0 Å². The second kappa shape index (κ2) is 5.46. The van der Waals surface area contributed by atoms with Gasteiger partial charge in [-0.05, 0) is 31.0 Å². The molecule has 0 fully saturated rings. The molecule has 0 saturated carbocycles. The van der Waals surface area contributed by atoms with Crippen LogP contribution >= 0.6 is 0 Å². The van der Waals surface area contributed by atoms with Crippen LogP contribution in [0, 0.1) is 6.92 Å². The highest BCUT2D eigenvalue weighted by Gasteiger charge is 2.07. The molecule has 2 N–H and O–H groups in total. The summed E-state index contributed by atoms with van der Waals surface area (Å²) in [5, 5.41) is 11.7. The number of hydrogen-bond acceptors (Lipinski definition) is 3. The van der Waals surface area contributed by atoms with Gasteiger partial charge in [-0.25, -0.2) is 0 Å². The maximum absolute atomic E-state index is 10.4. The van der Waals surface area contributed by atoms with Gasteiger partial charge in [0.1, 0.15) is 0 Å². The van der Waals surface area contributed by atoms with Crippen molar-refractivity contribution >= 4 is 5.97 Å². The van der Waals surface area contributed by atoms with Crippen LogP contribution in [-0.2, 0) is 11.3 Å². The number of carbonyl (C=O) groups is 1. The lowest BCUT2D eigenvalue weighted by Crippen LogP contribution is -2.28. The molecule has 4 heteroatoms. The predicted molar refractivity (Wildman–Crippen MR) is 57.5 cm³/mol. The Hall–Kier alpha value is -1.42. The average Bonchev–Trinajstić information content (AvgIpc) is 2.15. The molecule has 1 atom stereocenters. The van der Waals surface area contributed by atoms with Gasteiger partial charge in [0.05, 0.1) is 6.42 Å². The molecule has 0 spiro atoms. The van der Waals surface area contributed by atoms with Gasteiger partial charge in [-0.15, -0.1) is 0 Å². The largest absolute Gasteiger partial charge is 0.481 e. The van der Waals surface area contributed by atoms with Crippen LogP contribution in [0.5, 0.6) is 0 Å². The molecule has 1 aromatic heterocycles. The van der Waals surface area contributed by atoms with Gasteiger partial charge in [-0.3, -0.25) is 9.78 Å². The molecule has 0 aliphatic rings. The van der Waals surface area contributed by atoms with E-state index in [9.17, 15) is 4.79 Å². The van der Waals surface area contributed by atoms with Gasteiger partial charge in [0.2, 0.25) is 0 Å². The molecule has 0 aliphatic heterocycles. The Balaban J connectivity index is 2.43. The zero-order valence-corrected chi connectivity index (χ0v) is 9.03. The molecule has 1 heterocycles. The summed E-state index contributed by atoms with van der Waals surface area (Å²) < 4.78 is 0. The SMILES string of the molecule is Cc1ccncc1CNC(C)CC(=O)O. The molecule has 4 nitrogen and oxygen atoms in total. The third-order valence-corrected chi connectivity index (χ3v) is 2.27. The van der Waals surface area contributed by atoms with Gasteiger partial charge < -0.3 is 10.4 Å². The molecule has 1 rings (SSSR count). The number of hydrogen-bond donors (Lipinski definition) is 2. The topological polar surface area (TPSA) is 62.2 Å². The second-order valence-corrected chi connectivity index (χ2v) is 3.68. The highest BCUT2D eigenvalue weighted by molar-refractivity contribution is 5.67. The first kappa shape index (κ1) is 11.7. The summed E-state index contributed by atoms with van der Waals surface area (Å²) in [5.41, 5.74) is 2.27. The Labute approximate surface area is 89.3 Å². The van der Waals surface area contributed by atoms with Crippen LogP contribution in [0.1, 0.15) is 24.5 Å². The van der Waals surface area contributed by atoms with Crippen LogP contribution in [0.3, 0.4) is 0 Å². The molecule has 1 unspecified atom stereocenters. The van der Waals surface area contributed by atoms with Crippen molar-refractivity contribution in [1.29, 1.82) is 0 Å². The normalized spacial score (nSPS) is 12.4. The van der Waals surface area contributed by atoms with Crippen molar-refractivity contribution in [2.24, 2.45) is 0 Å². The minimum absolute atomic E-state index is 0.0258. The van der Waals surface area contributed by atoms with Crippen molar-refractivity contribution in [3.8, 4) is 0 Å². The Morgan fingerprint density at radius 1 is 1.67 bits per heavy atom. The van der Waals surface area contributed by atoms with Crippen molar-refractivity contribution in [1.82, 2.24) is 10.3 Å². The highest BCUT2D eigenvalue weighted by atomic mass is 16.4. The molecular formula is C11H16N2O2. The van der Waals surface area contributed by atoms with Crippen LogP contribution in [-0.4, -0.2) is 22.1 Å². The van der Waals surface area contributed by atoms with E-state index in [1.165, 1.54) is 5.56 Å². The number of carboxylic acid groups (broad SMARTS) is 1. The van der Waals surface area contributed by atoms with E-state index in [1.54, 1.807) is 12.4 Å². The first-order chi connectivity index (χ1) is 7.09. The Morgan fingerprint density at radius 2 is 2.40 bits per heavy atom. The molecule has 0 bridgehead atoms. The fraction of sp³-hybridized carbons (Fsp3) is 0.455. The predicted octanol–water partition coefficient (Wildman–Crippen LogP) is 1.34. The first-order valence-corrected chi connectivity index (χ1v) is 4.94. The highest BCUT2D eigenvalue weighted by Crippen LogP contribution is 2.04. The van der Waals surface area contributed by atoms with E-state index in [2.05, 4.69) is 10.3 Å². The summed E-state index contributed by atoms with van der Waals surface area (Å²) in [6.45, 7) is 4.54. The maximum Gasteiger partial charge on any atom is 0.304 e. The minimum atomic E-state index is -0.780. The molecule has 0 radical (unpaired) electrons. The lowest BCUT2D eigenvalue weighted by molar-refractivity contribution is -0.137. The van der Waals surface area contributed by atoms with Gasteiger partial charge in [0.15, 0.2) is 0 Å². The quantitative estimate of drug-likeness (QED) is 0.766. The second-order valence-electron chi connectivity index (χ2n) is 3.68. The number of carboxylic acids is 1. The van der Waals surface area contributed by atoms with Crippen molar-refractivity contribution in [2.75, 3.05) is 0 Å². The number of rotatable bonds is 5. The van der Waals surface area contributed by atoms with E-state index < -0.39 is 5.97 Å². The van der Waals surface area contributed by atoms with E-state index in [1.807, 2.05) is 19.9 Å². The van der Waals surface area contributed by atoms with Gasteiger partial charge in [-0.2, -0.15) is 0 Å². The van der Waals surface area contributed by atoms with Crippen LogP contribution < -0.4 is 5.32 Å². The van der Waals surface area contributed by atoms with Crippen LogP contribution in [0.25, 0.3) is 0 Å². The van der Waals surface area contributed by atoms with Crippen LogP contribution in [0.15, 0.2) is 18.5 Å². The molecule has 0 amide bonds. The van der Waals surface area contributed by atoms with Gasteiger partial charge in [0, 0.05) is 25.0 Å². The van der Waals surface area contributed by atoms with Crippen molar-refractivity contribution < 1.29 is 9.90 Å². The smallest absolute Gasteiger partial charge is 0.304 e. The number of pyridine rings is 1. The number of nitrogens with one attached hydrogen (secondary N) is 1. The lowest BCUT2D eigenvalue weighted by atomic mass is 10.1. The Morgan fingerprint density at radius 3 is 3.00 bits per heavy atom. The summed E-state index contributed by atoms with van der Waals surface area (Å²) in [5.74, 6) is -0.780. The summed E-state index contributed by atoms with van der Waals surface area (Å²) in [6, 6.07) is 1.92. The van der Waals surface area contributed by atoms with Gasteiger partial charge in [-0.1, -0.05) is 0 Å². The summed E-state index contributed by atoms with van der Waals surface area (Å²) >= 11 is 0. The summed E-state index contributed by atoms with van der Waals surface area (Å²) in [6.07, 6.45) is 3.69. The number of nitrogens with zero attached hydrogens (tertiary/aromatic N) is 1. The summed E-state index contributed by atoms with van der Waals surface area (Å²) in [4.78, 5) is 14.5. The Kier molecular flexibility index (Phi) is 4.24. The first-order valence-electron chi connectivity index (χ1n) is 4.94. The molecule has 82 valence electrons. The number of aliphatic carboxylic acids is 1. The van der Waals surface area contributed by atoms with Crippen LogP contribution in [0.2, 0.25) is 0 Å². The van der Waals surface area contributed by atoms with Gasteiger partial charge >= 0.3 is 5.97 Å². The fourth-order valence-corrected chi connectivity index (χ4v) is 1.30. The molecule has 0 aromatic carbocycles. The molecular weight excluding hydrogens is 192 g/mol. The zero-order chi connectivity index (χ0) is 11.3. The third-order valence-electron chi connectivity index (χ3n) is 2.27. The van der Waals surface area contributed by atoms with Crippen LogP contribution in [0.4, 0.5) is 0 Å². The molecule has 0 saturated heterocycles. The van der Waals surface area contributed by atoms with E-state index >= 15 is 0 Å². The standard InChI is InChI=1S/C11H16N2O2/c1-8-3-4-12-6-10(8)7-13-9(2)5-11(14)15/h3-4,6,9,13H,5,7H2,1-2H3,(H,14,15). The van der Waals surface area contributed by atoms with E-state index in [4.69, 9.17) is 5.11 Å². The number of aromatic nitrogens is 1. The minimum Gasteiger partial charge on any atom is -0.481 e. The molecule has 0 aliphatic carbocycles. The lowest BCUT2D eigenvalue weighted by Gasteiger charge is -2.12. The monoisotopic (exact) mass is 208 g/mol. The average molecular weight is 208 g/mol. The van der Waals surface area contributed by atoms with E-state index in [0.29, 0.717) is 6.54 Å². The van der Waals surface area contributed by atoms with E-state index in [0.717, 1.165) is 5.56 Å².